The van der Waals surface area contributed by atoms with E-state index in [4.69, 9.17) is 0 Å². The lowest BCUT2D eigenvalue weighted by atomic mass is 9.92. The van der Waals surface area contributed by atoms with Gasteiger partial charge in [0.2, 0.25) is 0 Å². The van der Waals surface area contributed by atoms with Gasteiger partial charge in [-0.2, -0.15) is 0 Å². The summed E-state index contributed by atoms with van der Waals surface area (Å²) in [7, 11) is 0. The number of aryl methyl sites for hydroxylation is 2. The van der Waals surface area contributed by atoms with Crippen molar-refractivity contribution < 1.29 is 0 Å². The van der Waals surface area contributed by atoms with E-state index < -0.39 is 0 Å². The van der Waals surface area contributed by atoms with E-state index in [1.54, 1.807) is 0 Å². The van der Waals surface area contributed by atoms with Crippen LogP contribution >= 0.6 is 0 Å². The first-order valence-corrected chi connectivity index (χ1v) is 17.3. The van der Waals surface area contributed by atoms with Crippen LogP contribution in [0.25, 0.3) is 23.3 Å². The van der Waals surface area contributed by atoms with Crippen molar-refractivity contribution in [3.05, 3.63) is 202 Å². The second kappa shape index (κ2) is 13.0. The van der Waals surface area contributed by atoms with Gasteiger partial charge in [0.05, 0.1) is 0 Å². The van der Waals surface area contributed by atoms with Gasteiger partial charge >= 0.3 is 0 Å². The van der Waals surface area contributed by atoms with Crippen molar-refractivity contribution in [2.24, 2.45) is 0 Å². The number of nitrogens with zero attached hydrogens (tertiary/aromatic N) is 1. The molecule has 1 aliphatic heterocycles. The van der Waals surface area contributed by atoms with Crippen LogP contribution in [0.5, 0.6) is 0 Å². The van der Waals surface area contributed by atoms with E-state index in [2.05, 4.69) is 183 Å². The van der Waals surface area contributed by atoms with E-state index in [1.165, 1.54) is 91.9 Å². The molecule has 6 aromatic rings. The lowest BCUT2D eigenvalue weighted by molar-refractivity contribution is 0.642. The minimum absolute atomic E-state index is 0.513. The third-order valence-electron chi connectivity index (χ3n) is 10.2. The van der Waals surface area contributed by atoms with Gasteiger partial charge in [0.15, 0.2) is 0 Å². The van der Waals surface area contributed by atoms with Crippen LogP contribution in [-0.4, -0.2) is 6.04 Å². The van der Waals surface area contributed by atoms with Crippen LogP contribution in [0.15, 0.2) is 152 Å². The molecule has 1 aliphatic carbocycles. The predicted molar refractivity (Wildman–Crippen MR) is 205 cm³/mol. The fourth-order valence-electron chi connectivity index (χ4n) is 7.73. The summed E-state index contributed by atoms with van der Waals surface area (Å²) >= 11 is 0. The largest absolute Gasteiger partial charge is 0.338 e. The molecular formula is C47H41N. The molecule has 2 atom stereocenters. The highest BCUT2D eigenvalue weighted by atomic mass is 15.2. The first kappa shape index (κ1) is 30.0. The smallest absolute Gasteiger partial charge is 0.0450 e. The average molecular weight is 620 g/mol. The number of benzene rings is 6. The maximum absolute atomic E-state index is 2.63. The third-order valence-corrected chi connectivity index (χ3v) is 10.2. The lowest BCUT2D eigenvalue weighted by Crippen LogP contribution is -2.26. The molecule has 0 bridgehead atoms. The van der Waals surface area contributed by atoms with E-state index in [1.807, 2.05) is 0 Å². The summed E-state index contributed by atoms with van der Waals surface area (Å²) in [6.07, 6.45) is 8.48. The van der Waals surface area contributed by atoms with Crippen LogP contribution in [0, 0.1) is 13.8 Å². The minimum Gasteiger partial charge on any atom is -0.338 e. The predicted octanol–water partition coefficient (Wildman–Crippen LogP) is 12.3. The van der Waals surface area contributed by atoms with Crippen LogP contribution in [0.4, 0.5) is 11.4 Å². The fourth-order valence-corrected chi connectivity index (χ4v) is 7.73. The summed E-state index contributed by atoms with van der Waals surface area (Å²) in [4.78, 5) is 2.63. The van der Waals surface area contributed by atoms with Crippen LogP contribution in [0.2, 0.25) is 0 Å². The number of hydrogen-bond acceptors (Lipinski definition) is 1. The van der Waals surface area contributed by atoms with Crippen molar-refractivity contribution in [3.63, 3.8) is 0 Å². The van der Waals surface area contributed by atoms with Gasteiger partial charge in [0.25, 0.3) is 0 Å². The van der Waals surface area contributed by atoms with Crippen molar-refractivity contribution in [1.29, 1.82) is 0 Å². The molecule has 2 unspecified atom stereocenters. The molecule has 0 aromatic heterocycles. The summed E-state index contributed by atoms with van der Waals surface area (Å²) in [5, 5.41) is 0. The van der Waals surface area contributed by atoms with Gasteiger partial charge in [0, 0.05) is 23.3 Å². The maximum Gasteiger partial charge on any atom is 0.0450 e. The summed E-state index contributed by atoms with van der Waals surface area (Å²) < 4.78 is 0. The van der Waals surface area contributed by atoms with Crippen molar-refractivity contribution in [2.75, 3.05) is 4.90 Å². The van der Waals surface area contributed by atoms with Gasteiger partial charge < -0.3 is 4.90 Å². The molecule has 1 fully saturated rings. The highest BCUT2D eigenvalue weighted by Crippen LogP contribution is 2.52. The van der Waals surface area contributed by atoms with Crippen LogP contribution < -0.4 is 4.90 Å². The van der Waals surface area contributed by atoms with E-state index >= 15 is 0 Å². The summed E-state index contributed by atoms with van der Waals surface area (Å²) in [6.45, 7) is 4.29. The Morgan fingerprint density at radius 2 is 1.02 bits per heavy atom. The summed E-state index contributed by atoms with van der Waals surface area (Å²) in [5.41, 5.74) is 16.7. The van der Waals surface area contributed by atoms with E-state index in [-0.39, 0.29) is 0 Å². The molecule has 1 nitrogen and oxygen atoms in total. The van der Waals surface area contributed by atoms with Crippen LogP contribution in [0.3, 0.4) is 0 Å². The molecule has 0 amide bonds. The molecule has 0 saturated heterocycles. The zero-order valence-corrected chi connectivity index (χ0v) is 27.8. The molecule has 1 saturated carbocycles. The van der Waals surface area contributed by atoms with Crippen molar-refractivity contribution in [1.82, 2.24) is 0 Å². The topological polar surface area (TPSA) is 3.24 Å². The Morgan fingerprint density at radius 3 is 1.58 bits per heavy atom. The Hall–Kier alpha value is -5.40. The van der Waals surface area contributed by atoms with Gasteiger partial charge in [-0.3, -0.25) is 0 Å². The van der Waals surface area contributed by atoms with Crippen LogP contribution in [0.1, 0.15) is 75.3 Å². The van der Waals surface area contributed by atoms with E-state index in [0.29, 0.717) is 12.0 Å². The van der Waals surface area contributed by atoms with Crippen LogP contribution in [-0.2, 0) is 0 Å². The molecule has 8 rings (SSSR count). The minimum atomic E-state index is 0.513. The maximum atomic E-state index is 2.63. The quantitative estimate of drug-likeness (QED) is 0.161. The van der Waals surface area contributed by atoms with Crippen molar-refractivity contribution >= 4 is 34.7 Å². The SMILES string of the molecule is Cc1ccc(/C(=C/c2ccc(N3c4ccc(/C=C(\c5ccccc5)c5ccc(C)cc5)cc4C4CCCC43)cc2)c2ccccc2)cc1. The van der Waals surface area contributed by atoms with Crippen molar-refractivity contribution in [3.8, 4) is 0 Å². The molecular weight excluding hydrogens is 579 g/mol. The first-order valence-electron chi connectivity index (χ1n) is 17.3. The molecule has 0 spiro atoms. The Kier molecular flexibility index (Phi) is 8.12. The molecule has 48 heavy (non-hydrogen) atoms. The normalized spacial score (nSPS) is 17.3. The van der Waals surface area contributed by atoms with Gasteiger partial charge in [-0.15, -0.1) is 0 Å². The molecule has 2 aliphatic rings. The second-order valence-corrected chi connectivity index (χ2v) is 13.5. The second-order valence-electron chi connectivity index (χ2n) is 13.5. The highest BCUT2D eigenvalue weighted by Gasteiger charge is 2.42. The van der Waals surface area contributed by atoms with E-state index in [9.17, 15) is 0 Å². The number of rotatable bonds is 7. The monoisotopic (exact) mass is 619 g/mol. The van der Waals surface area contributed by atoms with Gasteiger partial charge in [-0.1, -0.05) is 145 Å². The number of anilines is 2. The molecule has 0 N–H and O–H groups in total. The molecule has 234 valence electrons. The third kappa shape index (κ3) is 5.93. The molecule has 6 aromatic carbocycles. The van der Waals surface area contributed by atoms with Gasteiger partial charge in [-0.05, 0) is 113 Å². The molecule has 1 heterocycles. The van der Waals surface area contributed by atoms with Gasteiger partial charge in [0.1, 0.15) is 0 Å². The first-order chi connectivity index (χ1) is 23.6. The van der Waals surface area contributed by atoms with Gasteiger partial charge in [-0.25, -0.2) is 0 Å². The summed E-state index contributed by atoms with van der Waals surface area (Å²) in [6, 6.07) is 56.2. The highest BCUT2D eigenvalue weighted by molar-refractivity contribution is 5.93. The van der Waals surface area contributed by atoms with E-state index in [0.717, 1.165) is 0 Å². The molecule has 0 radical (unpaired) electrons. The Labute approximate surface area is 285 Å². The fraction of sp³-hybridized carbons (Fsp3) is 0.149. The standard InChI is InChI=1S/C47H41N/c1-33-16-23-39(24-17-33)43(37-10-5-3-6-11-37)30-35-20-27-41(28-21-35)48-46-15-9-14-42(46)45-32-36(22-29-47(45)48)31-44(38-12-7-4-8-13-38)40-25-18-34(2)19-26-40/h3-8,10-13,16-32,42,46H,9,14-15H2,1-2H3/b43-30+,44-31+. The Bertz CT molecular complexity index is 2080. The van der Waals surface area contributed by atoms with Crippen molar-refractivity contribution in [2.45, 2.75) is 45.1 Å². The summed E-state index contributed by atoms with van der Waals surface area (Å²) in [5.74, 6) is 0.568. The Morgan fingerprint density at radius 1 is 0.521 bits per heavy atom. The molecule has 1 heteroatoms. The zero-order valence-electron chi connectivity index (χ0n) is 27.8. The number of hydrogen-bond donors (Lipinski definition) is 0. The number of fused-ring (bicyclic) bond motifs is 3. The lowest BCUT2D eigenvalue weighted by Gasteiger charge is -2.27. The average Bonchev–Trinajstić information content (AvgIpc) is 3.73. The Balaban J connectivity index is 1.14. The zero-order chi connectivity index (χ0) is 32.5.